The van der Waals surface area contributed by atoms with Crippen molar-refractivity contribution in [2.45, 2.75) is 44.8 Å². The number of hydrogen-bond donors (Lipinski definition) is 0. The van der Waals surface area contributed by atoms with Gasteiger partial charge in [-0.05, 0) is 12.0 Å². The summed E-state index contributed by atoms with van der Waals surface area (Å²) in [6.07, 6.45) is 5.37. The van der Waals surface area contributed by atoms with Gasteiger partial charge in [0.25, 0.3) is 0 Å². The van der Waals surface area contributed by atoms with Crippen molar-refractivity contribution in [3.05, 3.63) is 35.9 Å². The molecule has 1 saturated heterocycles. The fourth-order valence-corrected chi connectivity index (χ4v) is 2.19. The zero-order valence-electron chi connectivity index (χ0n) is 10.6. The van der Waals surface area contributed by atoms with Gasteiger partial charge in [-0.2, -0.15) is 0 Å². The molecule has 17 heavy (non-hydrogen) atoms. The molecule has 0 spiro atoms. The van der Waals surface area contributed by atoms with Crippen LogP contribution in [0.3, 0.4) is 0 Å². The summed E-state index contributed by atoms with van der Waals surface area (Å²) in [7, 11) is 0. The molecule has 0 saturated carbocycles. The van der Waals surface area contributed by atoms with E-state index in [0.29, 0.717) is 12.7 Å². The van der Waals surface area contributed by atoms with E-state index >= 15 is 0 Å². The van der Waals surface area contributed by atoms with Crippen molar-refractivity contribution in [3.63, 3.8) is 0 Å². The SMILES string of the molecule is CCCCC[C@H]1CO[C@H](c2ccccc2)CO1. The molecule has 1 aromatic rings. The third-order valence-electron chi connectivity index (χ3n) is 3.27. The van der Waals surface area contributed by atoms with Crippen LogP contribution < -0.4 is 0 Å². The Morgan fingerprint density at radius 1 is 1.06 bits per heavy atom. The maximum Gasteiger partial charge on any atom is 0.106 e. The molecule has 0 N–H and O–H groups in total. The van der Waals surface area contributed by atoms with Crippen molar-refractivity contribution in [3.8, 4) is 0 Å². The topological polar surface area (TPSA) is 18.5 Å². The first-order valence-corrected chi connectivity index (χ1v) is 6.68. The van der Waals surface area contributed by atoms with Crippen LogP contribution in [0.25, 0.3) is 0 Å². The maximum absolute atomic E-state index is 5.88. The number of ether oxygens (including phenoxy) is 2. The van der Waals surface area contributed by atoms with Crippen LogP contribution >= 0.6 is 0 Å². The lowest BCUT2D eigenvalue weighted by atomic mass is 10.1. The molecule has 2 nitrogen and oxygen atoms in total. The van der Waals surface area contributed by atoms with Gasteiger partial charge in [-0.1, -0.05) is 56.5 Å². The minimum atomic E-state index is 0.124. The highest BCUT2D eigenvalue weighted by atomic mass is 16.6. The van der Waals surface area contributed by atoms with Crippen molar-refractivity contribution < 1.29 is 9.47 Å². The van der Waals surface area contributed by atoms with Crippen LogP contribution in [0.15, 0.2) is 30.3 Å². The third kappa shape index (κ3) is 3.83. The monoisotopic (exact) mass is 234 g/mol. The first-order valence-electron chi connectivity index (χ1n) is 6.68. The second-order valence-corrected chi connectivity index (χ2v) is 4.68. The standard InChI is InChI=1S/C15H22O2/c1-2-3-5-10-14-11-17-15(12-16-14)13-8-6-4-7-9-13/h4,6-9,14-15H,2-3,5,10-12H2,1H3/t14-,15-/m0/s1. The highest BCUT2D eigenvalue weighted by molar-refractivity contribution is 5.17. The maximum atomic E-state index is 5.88. The van der Waals surface area contributed by atoms with Crippen LogP contribution in [0.5, 0.6) is 0 Å². The lowest BCUT2D eigenvalue weighted by Crippen LogP contribution is -2.31. The van der Waals surface area contributed by atoms with E-state index in [-0.39, 0.29) is 6.10 Å². The molecular formula is C15H22O2. The molecule has 0 bridgehead atoms. The molecular weight excluding hydrogens is 212 g/mol. The van der Waals surface area contributed by atoms with Gasteiger partial charge in [0.1, 0.15) is 6.10 Å². The molecule has 2 atom stereocenters. The van der Waals surface area contributed by atoms with Crippen molar-refractivity contribution in [1.29, 1.82) is 0 Å². The summed E-state index contributed by atoms with van der Waals surface area (Å²) in [6, 6.07) is 10.3. The summed E-state index contributed by atoms with van der Waals surface area (Å²) in [4.78, 5) is 0. The van der Waals surface area contributed by atoms with Gasteiger partial charge >= 0.3 is 0 Å². The van der Waals surface area contributed by atoms with Crippen molar-refractivity contribution in [2.75, 3.05) is 13.2 Å². The third-order valence-corrected chi connectivity index (χ3v) is 3.27. The number of rotatable bonds is 5. The number of unbranched alkanes of at least 4 members (excludes halogenated alkanes) is 2. The first-order chi connectivity index (χ1) is 8.40. The van der Waals surface area contributed by atoms with E-state index < -0.39 is 0 Å². The molecule has 2 rings (SSSR count). The summed E-state index contributed by atoms with van der Waals surface area (Å²) in [5.74, 6) is 0. The Kier molecular flexibility index (Phi) is 5.02. The minimum Gasteiger partial charge on any atom is -0.373 e. The predicted octanol–water partition coefficient (Wildman–Crippen LogP) is 3.72. The van der Waals surface area contributed by atoms with E-state index in [0.717, 1.165) is 13.0 Å². The summed E-state index contributed by atoms with van der Waals surface area (Å²) in [6.45, 7) is 3.66. The highest BCUT2D eigenvalue weighted by Crippen LogP contribution is 2.24. The molecule has 1 aliphatic rings. The quantitative estimate of drug-likeness (QED) is 0.723. The van der Waals surface area contributed by atoms with Gasteiger partial charge in [0, 0.05) is 0 Å². The smallest absolute Gasteiger partial charge is 0.106 e. The van der Waals surface area contributed by atoms with E-state index in [1.54, 1.807) is 0 Å². The zero-order valence-corrected chi connectivity index (χ0v) is 10.6. The largest absolute Gasteiger partial charge is 0.373 e. The summed E-state index contributed by atoms with van der Waals surface area (Å²) in [5.41, 5.74) is 1.22. The second kappa shape index (κ2) is 6.77. The lowest BCUT2D eigenvalue weighted by molar-refractivity contribution is -0.137. The number of benzene rings is 1. The molecule has 0 aromatic heterocycles. The number of hydrogen-bond acceptors (Lipinski definition) is 2. The molecule has 0 amide bonds. The van der Waals surface area contributed by atoms with E-state index in [1.807, 2.05) is 18.2 Å². The van der Waals surface area contributed by atoms with Gasteiger partial charge in [0.15, 0.2) is 0 Å². The molecule has 0 unspecified atom stereocenters. The molecule has 2 heteroatoms. The van der Waals surface area contributed by atoms with Gasteiger partial charge in [-0.3, -0.25) is 0 Å². The fourth-order valence-electron chi connectivity index (χ4n) is 2.19. The van der Waals surface area contributed by atoms with Crippen molar-refractivity contribution in [2.24, 2.45) is 0 Å². The van der Waals surface area contributed by atoms with Crippen LogP contribution in [0.2, 0.25) is 0 Å². The molecule has 1 aromatic carbocycles. The molecule has 1 fully saturated rings. The average molecular weight is 234 g/mol. The Hall–Kier alpha value is -0.860. The van der Waals surface area contributed by atoms with Crippen molar-refractivity contribution in [1.82, 2.24) is 0 Å². The summed E-state index contributed by atoms with van der Waals surface area (Å²) >= 11 is 0. The first kappa shape index (κ1) is 12.6. The fraction of sp³-hybridized carbons (Fsp3) is 0.600. The Morgan fingerprint density at radius 2 is 1.88 bits per heavy atom. The van der Waals surface area contributed by atoms with E-state index in [2.05, 4.69) is 19.1 Å². The van der Waals surface area contributed by atoms with Crippen LogP contribution in [0, 0.1) is 0 Å². The van der Waals surface area contributed by atoms with Gasteiger partial charge in [0.05, 0.1) is 19.3 Å². The van der Waals surface area contributed by atoms with Crippen LogP contribution in [0.4, 0.5) is 0 Å². The van der Waals surface area contributed by atoms with Crippen LogP contribution in [-0.4, -0.2) is 19.3 Å². The minimum absolute atomic E-state index is 0.124. The Labute approximate surface area is 104 Å². The average Bonchev–Trinajstić information content (AvgIpc) is 2.41. The van der Waals surface area contributed by atoms with Crippen LogP contribution in [-0.2, 0) is 9.47 Å². The second-order valence-electron chi connectivity index (χ2n) is 4.68. The summed E-state index contributed by atoms with van der Waals surface area (Å²) < 4.78 is 11.7. The van der Waals surface area contributed by atoms with Gasteiger partial charge in [-0.15, -0.1) is 0 Å². The highest BCUT2D eigenvalue weighted by Gasteiger charge is 2.22. The lowest BCUT2D eigenvalue weighted by Gasteiger charge is -2.29. The molecule has 0 aliphatic carbocycles. The Balaban J connectivity index is 1.74. The van der Waals surface area contributed by atoms with Crippen LogP contribution in [0.1, 0.15) is 44.3 Å². The molecule has 0 radical (unpaired) electrons. The van der Waals surface area contributed by atoms with Crippen molar-refractivity contribution >= 4 is 0 Å². The molecule has 1 heterocycles. The van der Waals surface area contributed by atoms with E-state index in [4.69, 9.17) is 9.47 Å². The summed E-state index contributed by atoms with van der Waals surface area (Å²) in [5, 5.41) is 0. The van der Waals surface area contributed by atoms with E-state index in [9.17, 15) is 0 Å². The van der Waals surface area contributed by atoms with Gasteiger partial charge in [0.2, 0.25) is 0 Å². The van der Waals surface area contributed by atoms with Gasteiger partial charge < -0.3 is 9.47 Å². The van der Waals surface area contributed by atoms with E-state index in [1.165, 1.54) is 24.8 Å². The Morgan fingerprint density at radius 3 is 2.53 bits per heavy atom. The van der Waals surface area contributed by atoms with Gasteiger partial charge in [-0.25, -0.2) is 0 Å². The predicted molar refractivity (Wildman–Crippen MR) is 69.0 cm³/mol. The normalized spacial score (nSPS) is 24.8. The molecule has 1 aliphatic heterocycles. The molecule has 94 valence electrons. The Bertz CT molecular complexity index is 302. The zero-order chi connectivity index (χ0) is 11.9.